The Kier molecular flexibility index (Phi) is 7.16. The van der Waals surface area contributed by atoms with E-state index in [9.17, 15) is 4.79 Å². The summed E-state index contributed by atoms with van der Waals surface area (Å²) in [4.78, 5) is 11.9. The van der Waals surface area contributed by atoms with Gasteiger partial charge in [0.2, 0.25) is 0 Å². The van der Waals surface area contributed by atoms with Crippen LogP contribution in [0.2, 0.25) is 0 Å². The summed E-state index contributed by atoms with van der Waals surface area (Å²) in [6.45, 7) is -0.233. The second kappa shape index (κ2) is 9.12. The second-order valence-electron chi connectivity index (χ2n) is 4.72. The molecular weight excluding hydrogens is 460 g/mol. The van der Waals surface area contributed by atoms with Crippen molar-refractivity contribution in [2.24, 2.45) is 0 Å². The van der Waals surface area contributed by atoms with Crippen molar-refractivity contribution in [3.63, 3.8) is 0 Å². The van der Waals surface area contributed by atoms with E-state index in [4.69, 9.17) is 22.1 Å². The normalized spacial score (nSPS) is 10.1. The molecular formula is C16H14Br2N2O3S. The second-order valence-corrected chi connectivity index (χ2v) is 6.90. The maximum atomic E-state index is 11.9. The van der Waals surface area contributed by atoms with Gasteiger partial charge in [-0.2, -0.15) is 0 Å². The van der Waals surface area contributed by atoms with E-state index in [1.54, 1.807) is 30.3 Å². The standard InChI is InChI=1S/C16H14Br2N2O3S/c17-11-4-5-14(13(18)7-11)23-9-15(22)20-16(24)19-12-3-1-2-10(6-12)8-21/h1-7,21H,8-9H2,(H2,19,20,22,24). The van der Waals surface area contributed by atoms with Gasteiger partial charge in [-0.25, -0.2) is 0 Å². The molecule has 0 fully saturated rings. The molecule has 0 radical (unpaired) electrons. The predicted octanol–water partition coefficient (Wildman–Crippen LogP) is 3.60. The lowest BCUT2D eigenvalue weighted by molar-refractivity contribution is -0.121. The number of aliphatic hydroxyl groups excluding tert-OH is 1. The minimum Gasteiger partial charge on any atom is -0.483 e. The first-order valence-corrected chi connectivity index (χ1v) is 8.86. The number of aliphatic hydroxyl groups is 1. The Labute approximate surface area is 161 Å². The average Bonchev–Trinajstić information content (AvgIpc) is 2.54. The van der Waals surface area contributed by atoms with Gasteiger partial charge in [0.05, 0.1) is 11.1 Å². The van der Waals surface area contributed by atoms with Crippen molar-refractivity contribution in [2.75, 3.05) is 11.9 Å². The molecule has 1 amide bonds. The smallest absolute Gasteiger partial charge is 0.264 e. The zero-order valence-corrected chi connectivity index (χ0v) is 16.4. The molecule has 3 N–H and O–H groups in total. The first-order chi connectivity index (χ1) is 11.5. The number of carbonyl (C=O) groups is 1. The molecule has 0 bridgehead atoms. The van der Waals surface area contributed by atoms with Crippen LogP contribution in [0, 0.1) is 0 Å². The van der Waals surface area contributed by atoms with Gasteiger partial charge in [-0.1, -0.05) is 28.1 Å². The molecule has 0 aliphatic rings. The monoisotopic (exact) mass is 472 g/mol. The van der Waals surface area contributed by atoms with Gasteiger partial charge in [0.15, 0.2) is 11.7 Å². The third kappa shape index (κ3) is 5.86. The molecule has 0 aliphatic carbocycles. The van der Waals surface area contributed by atoms with Crippen LogP contribution in [0.25, 0.3) is 0 Å². The van der Waals surface area contributed by atoms with E-state index >= 15 is 0 Å². The van der Waals surface area contributed by atoms with Crippen molar-refractivity contribution in [1.29, 1.82) is 0 Å². The van der Waals surface area contributed by atoms with Gasteiger partial charge in [-0.15, -0.1) is 0 Å². The van der Waals surface area contributed by atoms with E-state index < -0.39 is 0 Å². The van der Waals surface area contributed by atoms with Gasteiger partial charge in [0.1, 0.15) is 5.75 Å². The van der Waals surface area contributed by atoms with Gasteiger partial charge in [-0.05, 0) is 64.0 Å². The first-order valence-electron chi connectivity index (χ1n) is 6.86. The number of benzene rings is 2. The van der Waals surface area contributed by atoms with Crippen molar-refractivity contribution < 1.29 is 14.6 Å². The number of carbonyl (C=O) groups excluding carboxylic acids is 1. The minimum absolute atomic E-state index is 0.0649. The Balaban J connectivity index is 1.84. The maximum absolute atomic E-state index is 11.9. The predicted molar refractivity (Wildman–Crippen MR) is 104 cm³/mol. The lowest BCUT2D eigenvalue weighted by Gasteiger charge is -2.11. The molecule has 2 aromatic carbocycles. The van der Waals surface area contributed by atoms with E-state index in [-0.39, 0.29) is 24.2 Å². The van der Waals surface area contributed by atoms with Crippen LogP contribution in [-0.2, 0) is 11.4 Å². The quantitative estimate of drug-likeness (QED) is 0.579. The summed E-state index contributed by atoms with van der Waals surface area (Å²) in [5.74, 6) is 0.184. The zero-order chi connectivity index (χ0) is 17.5. The third-order valence-electron chi connectivity index (χ3n) is 2.87. The highest BCUT2D eigenvalue weighted by Gasteiger charge is 2.08. The maximum Gasteiger partial charge on any atom is 0.264 e. The number of amides is 1. The highest BCUT2D eigenvalue weighted by molar-refractivity contribution is 9.11. The van der Waals surface area contributed by atoms with Crippen molar-refractivity contribution >= 4 is 60.8 Å². The van der Waals surface area contributed by atoms with E-state index in [0.717, 1.165) is 14.5 Å². The Morgan fingerprint density at radius 1 is 1.21 bits per heavy atom. The average molecular weight is 474 g/mol. The molecule has 0 aliphatic heterocycles. The summed E-state index contributed by atoms with van der Waals surface area (Å²) in [5, 5.41) is 14.7. The van der Waals surface area contributed by atoms with E-state index in [1.807, 2.05) is 12.1 Å². The fourth-order valence-corrected chi connectivity index (χ4v) is 3.20. The topological polar surface area (TPSA) is 70.6 Å². The van der Waals surface area contributed by atoms with Gasteiger partial charge in [0, 0.05) is 10.2 Å². The molecule has 5 nitrogen and oxygen atoms in total. The third-order valence-corrected chi connectivity index (χ3v) is 4.19. The van der Waals surface area contributed by atoms with Crippen LogP contribution in [0.5, 0.6) is 5.75 Å². The number of rotatable bonds is 5. The fourth-order valence-electron chi connectivity index (χ4n) is 1.81. The number of halogens is 2. The molecule has 0 heterocycles. The zero-order valence-electron chi connectivity index (χ0n) is 12.4. The number of ether oxygens (including phenoxy) is 1. The van der Waals surface area contributed by atoms with Crippen LogP contribution in [0.15, 0.2) is 51.4 Å². The van der Waals surface area contributed by atoms with Crippen molar-refractivity contribution in [2.45, 2.75) is 6.61 Å². The number of hydrogen-bond donors (Lipinski definition) is 3. The van der Waals surface area contributed by atoms with Gasteiger partial charge in [-0.3, -0.25) is 10.1 Å². The van der Waals surface area contributed by atoms with Crippen molar-refractivity contribution in [3.8, 4) is 5.75 Å². The molecule has 2 aromatic rings. The number of anilines is 1. The number of thiocarbonyl (C=S) groups is 1. The highest BCUT2D eigenvalue weighted by atomic mass is 79.9. The molecule has 0 unspecified atom stereocenters. The van der Waals surface area contributed by atoms with Crippen LogP contribution in [0.1, 0.15) is 5.56 Å². The summed E-state index contributed by atoms with van der Waals surface area (Å²) in [7, 11) is 0. The van der Waals surface area contributed by atoms with E-state index in [1.165, 1.54) is 0 Å². The van der Waals surface area contributed by atoms with E-state index in [0.29, 0.717) is 11.4 Å². The highest BCUT2D eigenvalue weighted by Crippen LogP contribution is 2.28. The van der Waals surface area contributed by atoms with Crippen LogP contribution in [-0.4, -0.2) is 22.7 Å². The molecule has 0 spiro atoms. The summed E-state index contributed by atoms with van der Waals surface area (Å²) < 4.78 is 7.09. The van der Waals surface area contributed by atoms with Crippen LogP contribution in [0.4, 0.5) is 5.69 Å². The summed E-state index contributed by atoms with van der Waals surface area (Å²) in [5.41, 5.74) is 1.43. The number of nitrogens with one attached hydrogen (secondary N) is 2. The summed E-state index contributed by atoms with van der Waals surface area (Å²) in [6.07, 6.45) is 0. The molecule has 0 saturated carbocycles. The summed E-state index contributed by atoms with van der Waals surface area (Å²) in [6, 6.07) is 12.5. The first kappa shape index (κ1) is 18.9. The van der Waals surface area contributed by atoms with E-state index in [2.05, 4.69) is 42.5 Å². The van der Waals surface area contributed by atoms with Crippen molar-refractivity contribution in [3.05, 3.63) is 57.0 Å². The van der Waals surface area contributed by atoms with Crippen LogP contribution >= 0.6 is 44.1 Å². The summed E-state index contributed by atoms with van der Waals surface area (Å²) >= 11 is 11.8. The molecule has 126 valence electrons. The SMILES string of the molecule is O=C(COc1ccc(Br)cc1Br)NC(=S)Nc1cccc(CO)c1. The Hall–Kier alpha value is -1.48. The lowest BCUT2D eigenvalue weighted by Crippen LogP contribution is -2.37. The molecule has 0 saturated heterocycles. The Morgan fingerprint density at radius 3 is 2.71 bits per heavy atom. The van der Waals surface area contributed by atoms with Crippen LogP contribution < -0.4 is 15.4 Å². The number of hydrogen-bond acceptors (Lipinski definition) is 4. The fraction of sp³-hybridized carbons (Fsp3) is 0.125. The molecule has 2 rings (SSSR count). The molecule has 24 heavy (non-hydrogen) atoms. The van der Waals surface area contributed by atoms with Crippen LogP contribution in [0.3, 0.4) is 0 Å². The molecule has 0 aromatic heterocycles. The van der Waals surface area contributed by atoms with Crippen molar-refractivity contribution in [1.82, 2.24) is 5.32 Å². The van der Waals surface area contributed by atoms with Gasteiger partial charge < -0.3 is 15.2 Å². The Bertz CT molecular complexity index is 756. The lowest BCUT2D eigenvalue weighted by atomic mass is 10.2. The molecule has 8 heteroatoms. The largest absolute Gasteiger partial charge is 0.483 e. The molecule has 0 atom stereocenters. The van der Waals surface area contributed by atoms with Gasteiger partial charge in [0.25, 0.3) is 5.91 Å². The van der Waals surface area contributed by atoms with Gasteiger partial charge >= 0.3 is 0 Å². The minimum atomic E-state index is -0.374. The Morgan fingerprint density at radius 2 is 2.00 bits per heavy atom.